The van der Waals surface area contributed by atoms with Gasteiger partial charge in [-0.15, -0.1) is 0 Å². The molecule has 0 saturated heterocycles. The highest BCUT2D eigenvalue weighted by molar-refractivity contribution is 5.89. The molecule has 0 unspecified atom stereocenters. The van der Waals surface area contributed by atoms with Gasteiger partial charge in [0.05, 0.1) is 5.56 Å². The monoisotopic (exact) mass is 227 g/mol. The lowest BCUT2D eigenvalue weighted by molar-refractivity contribution is 0.0550. The molecule has 0 saturated carbocycles. The van der Waals surface area contributed by atoms with Gasteiger partial charge in [0.2, 0.25) is 0 Å². The van der Waals surface area contributed by atoms with Gasteiger partial charge in [-0.05, 0) is 36.4 Å². The van der Waals surface area contributed by atoms with Gasteiger partial charge >= 0.3 is 5.97 Å². The molecular formula is C14H13NO2. The average Bonchev–Trinajstić information content (AvgIpc) is 2.90. The SMILES string of the molecule is C=CCOC(=O)c1ccc(-n2cccc2)cc1. The fourth-order valence-corrected chi connectivity index (χ4v) is 1.49. The predicted octanol–water partition coefficient (Wildman–Crippen LogP) is 2.82. The normalized spacial score (nSPS) is 9.88. The predicted molar refractivity (Wildman–Crippen MR) is 66.2 cm³/mol. The summed E-state index contributed by atoms with van der Waals surface area (Å²) >= 11 is 0. The van der Waals surface area contributed by atoms with E-state index in [0.29, 0.717) is 5.56 Å². The van der Waals surface area contributed by atoms with Crippen LogP contribution < -0.4 is 0 Å². The Morgan fingerprint density at radius 3 is 2.47 bits per heavy atom. The first-order valence-corrected chi connectivity index (χ1v) is 5.32. The lowest BCUT2D eigenvalue weighted by Crippen LogP contribution is -2.05. The number of hydrogen-bond acceptors (Lipinski definition) is 2. The van der Waals surface area contributed by atoms with Crippen LogP contribution >= 0.6 is 0 Å². The molecule has 1 aromatic carbocycles. The molecule has 0 radical (unpaired) electrons. The maximum absolute atomic E-state index is 11.5. The summed E-state index contributed by atoms with van der Waals surface area (Å²) in [6.45, 7) is 3.73. The van der Waals surface area contributed by atoms with E-state index in [1.54, 1.807) is 18.2 Å². The highest BCUT2D eigenvalue weighted by Gasteiger charge is 2.05. The summed E-state index contributed by atoms with van der Waals surface area (Å²) in [5, 5.41) is 0. The summed E-state index contributed by atoms with van der Waals surface area (Å²) in [4.78, 5) is 11.5. The molecule has 1 heterocycles. The van der Waals surface area contributed by atoms with Crippen LogP contribution in [-0.4, -0.2) is 17.1 Å². The Morgan fingerprint density at radius 1 is 1.24 bits per heavy atom. The van der Waals surface area contributed by atoms with E-state index >= 15 is 0 Å². The molecule has 0 bridgehead atoms. The topological polar surface area (TPSA) is 31.2 Å². The smallest absolute Gasteiger partial charge is 0.338 e. The molecule has 1 aromatic heterocycles. The number of rotatable bonds is 4. The number of carbonyl (C=O) groups excluding carboxylic acids is 1. The first-order chi connectivity index (χ1) is 8.31. The number of carbonyl (C=O) groups is 1. The largest absolute Gasteiger partial charge is 0.458 e. The molecule has 0 aliphatic heterocycles. The molecule has 0 N–H and O–H groups in total. The molecule has 86 valence electrons. The highest BCUT2D eigenvalue weighted by Crippen LogP contribution is 2.10. The molecule has 0 amide bonds. The zero-order valence-corrected chi connectivity index (χ0v) is 9.37. The quantitative estimate of drug-likeness (QED) is 0.594. The zero-order chi connectivity index (χ0) is 12.1. The second-order valence-electron chi connectivity index (χ2n) is 3.52. The number of esters is 1. The van der Waals surface area contributed by atoms with Gasteiger partial charge in [0.25, 0.3) is 0 Å². The van der Waals surface area contributed by atoms with Crippen molar-refractivity contribution in [1.29, 1.82) is 0 Å². The van der Waals surface area contributed by atoms with Gasteiger partial charge in [-0.25, -0.2) is 4.79 Å². The van der Waals surface area contributed by atoms with Gasteiger partial charge in [0.1, 0.15) is 6.61 Å². The van der Waals surface area contributed by atoms with E-state index < -0.39 is 0 Å². The molecule has 0 aliphatic rings. The maximum Gasteiger partial charge on any atom is 0.338 e. The average molecular weight is 227 g/mol. The van der Waals surface area contributed by atoms with Crippen molar-refractivity contribution in [2.75, 3.05) is 6.61 Å². The summed E-state index contributed by atoms with van der Waals surface area (Å²) in [5.41, 5.74) is 1.55. The Balaban J connectivity index is 2.13. The van der Waals surface area contributed by atoms with Crippen LogP contribution in [0.1, 0.15) is 10.4 Å². The molecule has 2 rings (SSSR count). The van der Waals surface area contributed by atoms with Crippen molar-refractivity contribution in [2.45, 2.75) is 0 Å². The third kappa shape index (κ3) is 2.64. The summed E-state index contributed by atoms with van der Waals surface area (Å²) < 4.78 is 6.92. The lowest BCUT2D eigenvalue weighted by atomic mass is 10.2. The summed E-state index contributed by atoms with van der Waals surface area (Å²) in [6, 6.07) is 11.2. The van der Waals surface area contributed by atoms with Gasteiger partial charge in [0.15, 0.2) is 0 Å². The standard InChI is InChI=1S/C14H13NO2/c1-2-11-17-14(16)12-5-7-13(8-6-12)15-9-3-4-10-15/h2-10H,1,11H2. The number of nitrogens with zero attached hydrogens (tertiary/aromatic N) is 1. The molecule has 2 aromatic rings. The summed E-state index contributed by atoms with van der Waals surface area (Å²) in [5.74, 6) is -0.330. The molecule has 0 atom stereocenters. The third-order valence-electron chi connectivity index (χ3n) is 2.34. The second kappa shape index (κ2) is 5.16. The van der Waals surface area contributed by atoms with Crippen LogP contribution in [-0.2, 0) is 4.74 Å². The molecule has 0 aliphatic carbocycles. The highest BCUT2D eigenvalue weighted by atomic mass is 16.5. The van der Waals surface area contributed by atoms with Crippen LogP contribution in [0.3, 0.4) is 0 Å². The Bertz CT molecular complexity index is 498. The Hall–Kier alpha value is -2.29. The van der Waals surface area contributed by atoms with Gasteiger partial charge in [-0.3, -0.25) is 0 Å². The Kier molecular flexibility index (Phi) is 3.40. The van der Waals surface area contributed by atoms with Crippen LogP contribution in [0.25, 0.3) is 5.69 Å². The molecule has 17 heavy (non-hydrogen) atoms. The van der Waals surface area contributed by atoms with E-state index in [9.17, 15) is 4.79 Å². The van der Waals surface area contributed by atoms with Crippen molar-refractivity contribution in [2.24, 2.45) is 0 Å². The Labute approximate surface area is 100.0 Å². The van der Waals surface area contributed by atoms with Gasteiger partial charge in [-0.2, -0.15) is 0 Å². The van der Waals surface area contributed by atoms with E-state index in [4.69, 9.17) is 4.74 Å². The number of hydrogen-bond donors (Lipinski definition) is 0. The molecule has 3 nitrogen and oxygen atoms in total. The van der Waals surface area contributed by atoms with E-state index in [0.717, 1.165) is 5.69 Å². The minimum Gasteiger partial charge on any atom is -0.458 e. The summed E-state index contributed by atoms with van der Waals surface area (Å²) in [7, 11) is 0. The maximum atomic E-state index is 11.5. The minimum absolute atomic E-state index is 0.234. The lowest BCUT2D eigenvalue weighted by Gasteiger charge is -2.05. The van der Waals surface area contributed by atoms with Crippen LogP contribution in [0, 0.1) is 0 Å². The molecular weight excluding hydrogens is 214 g/mol. The van der Waals surface area contributed by atoms with Crippen molar-refractivity contribution < 1.29 is 9.53 Å². The molecule has 0 spiro atoms. The number of benzene rings is 1. The Morgan fingerprint density at radius 2 is 1.88 bits per heavy atom. The summed E-state index contributed by atoms with van der Waals surface area (Å²) in [6.07, 6.45) is 5.45. The van der Waals surface area contributed by atoms with Gasteiger partial charge in [-0.1, -0.05) is 12.7 Å². The van der Waals surface area contributed by atoms with Gasteiger partial charge < -0.3 is 9.30 Å². The third-order valence-corrected chi connectivity index (χ3v) is 2.34. The van der Waals surface area contributed by atoms with Crippen LogP contribution in [0.5, 0.6) is 0 Å². The van der Waals surface area contributed by atoms with E-state index in [-0.39, 0.29) is 12.6 Å². The van der Waals surface area contributed by atoms with Crippen molar-refractivity contribution >= 4 is 5.97 Å². The van der Waals surface area contributed by atoms with Crippen molar-refractivity contribution in [3.63, 3.8) is 0 Å². The minimum atomic E-state index is -0.330. The zero-order valence-electron chi connectivity index (χ0n) is 9.37. The fourth-order valence-electron chi connectivity index (χ4n) is 1.49. The number of ether oxygens (including phenoxy) is 1. The molecule has 3 heteroatoms. The van der Waals surface area contributed by atoms with Crippen molar-refractivity contribution in [3.8, 4) is 5.69 Å². The van der Waals surface area contributed by atoms with E-state index in [2.05, 4.69) is 6.58 Å². The van der Waals surface area contributed by atoms with Crippen LogP contribution in [0.15, 0.2) is 61.4 Å². The van der Waals surface area contributed by atoms with Gasteiger partial charge in [0, 0.05) is 18.1 Å². The van der Waals surface area contributed by atoms with E-state index in [1.807, 2.05) is 41.2 Å². The first kappa shape index (κ1) is 11.2. The second-order valence-corrected chi connectivity index (χ2v) is 3.52. The fraction of sp³-hybridized carbons (Fsp3) is 0.0714. The van der Waals surface area contributed by atoms with Crippen molar-refractivity contribution in [3.05, 3.63) is 67.0 Å². The van der Waals surface area contributed by atoms with E-state index in [1.165, 1.54) is 0 Å². The first-order valence-electron chi connectivity index (χ1n) is 5.32. The molecule has 0 fully saturated rings. The number of aromatic nitrogens is 1. The van der Waals surface area contributed by atoms with Crippen LogP contribution in [0.4, 0.5) is 0 Å². The van der Waals surface area contributed by atoms with Crippen molar-refractivity contribution in [1.82, 2.24) is 4.57 Å². The van der Waals surface area contributed by atoms with Crippen LogP contribution in [0.2, 0.25) is 0 Å².